The number of nitrogens with two attached hydrogens (primary N) is 2. The predicted octanol–water partition coefficient (Wildman–Crippen LogP) is 5.14. The maximum atomic E-state index is 12.0. The van der Waals surface area contributed by atoms with Crippen molar-refractivity contribution < 1.29 is 24.1 Å². The zero-order chi connectivity index (χ0) is 32.6. The maximum absolute atomic E-state index is 12.0. The smallest absolute Gasteiger partial charge is 0.325 e. The first-order chi connectivity index (χ1) is 21.5. The van der Waals surface area contributed by atoms with Crippen molar-refractivity contribution in [3.8, 4) is 39.6 Å². The van der Waals surface area contributed by atoms with E-state index < -0.39 is 17.8 Å². The molecule has 45 heavy (non-hydrogen) atoms. The van der Waals surface area contributed by atoms with Gasteiger partial charge < -0.3 is 30.8 Å². The van der Waals surface area contributed by atoms with Crippen LogP contribution in [-0.2, 0) is 20.0 Å². The van der Waals surface area contributed by atoms with Gasteiger partial charge in [-0.2, -0.15) is 10.5 Å². The summed E-state index contributed by atoms with van der Waals surface area (Å²) in [5.74, 6) is -1.18. The summed E-state index contributed by atoms with van der Waals surface area (Å²) in [6, 6.07) is 17.4. The normalized spacial score (nSPS) is 11.8. The molecule has 0 bridgehead atoms. The van der Waals surface area contributed by atoms with Crippen molar-refractivity contribution in [2.24, 2.45) is 5.73 Å². The number of rotatable bonds is 13. The molecule has 0 amide bonds. The molecule has 4 aromatic rings. The average Bonchev–Trinajstić information content (AvgIpc) is 3.49. The summed E-state index contributed by atoms with van der Waals surface area (Å²) in [6.45, 7) is 2.65. The Kier molecular flexibility index (Phi) is 11.4. The molecule has 0 aliphatic rings. The standard InChI is InChI=1S/C31H29ClN6O5S2/c1-31(2,40)43-15-25(35)30(39)42-12-11-41-22-9-5-18(6-10-22)26-23(13-33)27(36)38-29(24(26)14-34)45-17-21-16-44-28(37-21)19-3-7-20(32)8-4-19/h3-10,16,25,40H,11-12,15,17,35H2,1-2H3,(H2,36,38)/t25-/m0/s1. The van der Waals surface area contributed by atoms with Gasteiger partial charge in [-0.05, 0) is 43.7 Å². The van der Waals surface area contributed by atoms with E-state index in [2.05, 4.69) is 17.1 Å². The first-order valence-corrected chi connectivity index (χ1v) is 15.7. The number of benzene rings is 2. The van der Waals surface area contributed by atoms with Gasteiger partial charge in [-0.15, -0.1) is 11.3 Å². The quantitative estimate of drug-likeness (QED) is 0.0739. The molecule has 232 valence electrons. The highest BCUT2D eigenvalue weighted by Gasteiger charge is 2.22. The Balaban J connectivity index is 1.42. The number of aliphatic hydroxyl groups is 1. The third-order valence-corrected chi connectivity index (χ3v) is 8.27. The van der Waals surface area contributed by atoms with E-state index in [1.54, 1.807) is 24.3 Å². The fourth-order valence-electron chi connectivity index (χ4n) is 3.92. The summed E-state index contributed by atoms with van der Waals surface area (Å²) >= 11 is 8.80. The summed E-state index contributed by atoms with van der Waals surface area (Å²) in [5, 5.41) is 33.4. The van der Waals surface area contributed by atoms with E-state index in [9.17, 15) is 20.4 Å². The third-order valence-electron chi connectivity index (χ3n) is 6.07. The lowest BCUT2D eigenvalue weighted by molar-refractivity contribution is -0.183. The largest absolute Gasteiger partial charge is 0.490 e. The van der Waals surface area contributed by atoms with E-state index in [0.717, 1.165) is 16.3 Å². The molecule has 0 aliphatic heterocycles. The number of thiazole rings is 1. The van der Waals surface area contributed by atoms with Gasteiger partial charge >= 0.3 is 5.97 Å². The second kappa shape index (κ2) is 15.2. The van der Waals surface area contributed by atoms with Crippen LogP contribution in [0.25, 0.3) is 21.7 Å². The van der Waals surface area contributed by atoms with Crippen LogP contribution >= 0.6 is 34.7 Å². The van der Waals surface area contributed by atoms with Crippen LogP contribution < -0.4 is 16.2 Å². The Morgan fingerprint density at radius 1 is 1.07 bits per heavy atom. The molecule has 0 spiro atoms. The van der Waals surface area contributed by atoms with Crippen LogP contribution in [-0.4, -0.2) is 52.7 Å². The van der Waals surface area contributed by atoms with E-state index in [0.29, 0.717) is 32.7 Å². The van der Waals surface area contributed by atoms with Gasteiger partial charge in [0.05, 0.1) is 17.9 Å². The van der Waals surface area contributed by atoms with Crippen LogP contribution in [0.2, 0.25) is 5.02 Å². The van der Waals surface area contributed by atoms with Gasteiger partial charge in [0.2, 0.25) is 0 Å². The van der Waals surface area contributed by atoms with Gasteiger partial charge in [0.1, 0.15) is 58.6 Å². The summed E-state index contributed by atoms with van der Waals surface area (Å²) in [5.41, 5.74) is 14.9. The minimum Gasteiger partial charge on any atom is -0.490 e. The number of ether oxygens (including phenoxy) is 3. The Morgan fingerprint density at radius 3 is 2.38 bits per heavy atom. The molecule has 2 aromatic heterocycles. The van der Waals surface area contributed by atoms with Gasteiger partial charge in [-0.1, -0.05) is 47.6 Å². The zero-order valence-corrected chi connectivity index (χ0v) is 26.7. The highest BCUT2D eigenvalue weighted by molar-refractivity contribution is 7.98. The molecular weight excluding hydrogens is 636 g/mol. The third kappa shape index (κ3) is 9.15. The second-order valence-corrected chi connectivity index (χ2v) is 12.3. The number of esters is 1. The van der Waals surface area contributed by atoms with Crippen LogP contribution in [0.15, 0.2) is 58.9 Å². The van der Waals surface area contributed by atoms with E-state index in [4.69, 9.17) is 42.3 Å². The number of hydrogen-bond donors (Lipinski definition) is 3. The molecule has 14 heteroatoms. The minimum atomic E-state index is -1.41. The van der Waals surface area contributed by atoms with Crippen molar-refractivity contribution in [1.82, 2.24) is 9.97 Å². The lowest BCUT2D eigenvalue weighted by Gasteiger charge is -2.20. The van der Waals surface area contributed by atoms with Gasteiger partial charge in [0.25, 0.3) is 0 Å². The number of halogens is 1. The highest BCUT2D eigenvalue weighted by Crippen LogP contribution is 2.37. The first kappa shape index (κ1) is 33.7. The molecule has 4 rings (SSSR count). The molecule has 1 atom stereocenters. The van der Waals surface area contributed by atoms with Gasteiger partial charge in [0.15, 0.2) is 5.79 Å². The Bertz CT molecular complexity index is 1730. The minimum absolute atomic E-state index is 0.0161. The number of carbonyl (C=O) groups excluding carboxylic acids is 1. The summed E-state index contributed by atoms with van der Waals surface area (Å²) in [7, 11) is 0. The molecule has 0 aliphatic carbocycles. The lowest BCUT2D eigenvalue weighted by atomic mass is 9.97. The lowest BCUT2D eigenvalue weighted by Crippen LogP contribution is -2.40. The number of nitrogen functional groups attached to an aromatic ring is 1. The van der Waals surface area contributed by atoms with Crippen molar-refractivity contribution in [2.75, 3.05) is 25.6 Å². The van der Waals surface area contributed by atoms with Crippen LogP contribution in [0.5, 0.6) is 5.75 Å². The van der Waals surface area contributed by atoms with Crippen LogP contribution in [0.4, 0.5) is 5.82 Å². The molecule has 0 unspecified atom stereocenters. The summed E-state index contributed by atoms with van der Waals surface area (Å²) < 4.78 is 15.8. The van der Waals surface area contributed by atoms with Crippen LogP contribution in [0.3, 0.4) is 0 Å². The van der Waals surface area contributed by atoms with E-state index in [-0.39, 0.29) is 36.8 Å². The number of hydrogen-bond acceptors (Lipinski definition) is 13. The van der Waals surface area contributed by atoms with Crippen molar-refractivity contribution in [2.45, 2.75) is 36.5 Å². The van der Waals surface area contributed by atoms with Crippen molar-refractivity contribution in [3.05, 3.63) is 75.8 Å². The highest BCUT2D eigenvalue weighted by atomic mass is 35.5. The number of nitrogens with zero attached hydrogens (tertiary/aromatic N) is 4. The van der Waals surface area contributed by atoms with Crippen molar-refractivity contribution >= 4 is 46.5 Å². The molecule has 2 heterocycles. The monoisotopic (exact) mass is 664 g/mol. The summed E-state index contributed by atoms with van der Waals surface area (Å²) in [6.07, 6.45) is 0. The number of aromatic nitrogens is 2. The molecular formula is C31H29ClN6O5S2. The fourth-order valence-corrected chi connectivity index (χ4v) is 5.86. The fraction of sp³-hybridized carbons (Fsp3) is 0.258. The Hall–Kier alpha value is -4.21. The zero-order valence-electron chi connectivity index (χ0n) is 24.3. The number of thioether (sulfide) groups is 1. The van der Waals surface area contributed by atoms with Crippen LogP contribution in [0, 0.1) is 22.7 Å². The molecule has 0 radical (unpaired) electrons. The van der Waals surface area contributed by atoms with Gasteiger partial charge in [-0.25, -0.2) is 9.97 Å². The number of anilines is 1. The van der Waals surface area contributed by atoms with E-state index >= 15 is 0 Å². The number of nitriles is 2. The maximum Gasteiger partial charge on any atom is 0.325 e. The van der Waals surface area contributed by atoms with Gasteiger partial charge in [-0.3, -0.25) is 4.79 Å². The summed E-state index contributed by atoms with van der Waals surface area (Å²) in [4.78, 5) is 21.1. The molecule has 0 fully saturated rings. The first-order valence-electron chi connectivity index (χ1n) is 13.5. The average molecular weight is 665 g/mol. The Labute approximate surface area is 273 Å². The SMILES string of the molecule is CC(C)(O)OC[C@H](N)C(=O)OCCOc1ccc(-c2c(C#N)c(N)nc(SCc3csc(-c4ccc(Cl)cc4)n3)c2C#N)cc1. The molecule has 0 saturated carbocycles. The second-order valence-electron chi connectivity index (χ2n) is 9.99. The topological polar surface area (TPSA) is 190 Å². The molecule has 5 N–H and O–H groups in total. The molecule has 0 saturated heterocycles. The van der Waals surface area contributed by atoms with Crippen molar-refractivity contribution in [1.29, 1.82) is 10.5 Å². The van der Waals surface area contributed by atoms with E-state index in [1.165, 1.54) is 36.9 Å². The number of carbonyl (C=O) groups is 1. The molecule has 11 nitrogen and oxygen atoms in total. The van der Waals surface area contributed by atoms with Gasteiger partial charge in [0, 0.05) is 27.3 Å². The Morgan fingerprint density at radius 2 is 1.73 bits per heavy atom. The molecule has 2 aromatic carbocycles. The predicted molar refractivity (Wildman–Crippen MR) is 172 cm³/mol. The van der Waals surface area contributed by atoms with Crippen LogP contribution in [0.1, 0.15) is 30.7 Å². The van der Waals surface area contributed by atoms with E-state index in [1.807, 2.05) is 29.6 Å². The van der Waals surface area contributed by atoms with Crippen molar-refractivity contribution in [3.63, 3.8) is 0 Å². The number of pyridine rings is 1.